The highest BCUT2D eigenvalue weighted by molar-refractivity contribution is 8.00. The van der Waals surface area contributed by atoms with Crippen molar-refractivity contribution < 1.29 is 14.3 Å². The fraction of sp³-hybridized carbons (Fsp3) is 0.280. The van der Waals surface area contributed by atoms with Crippen molar-refractivity contribution >= 4 is 61.5 Å². The summed E-state index contributed by atoms with van der Waals surface area (Å²) >= 11 is 4.49. The van der Waals surface area contributed by atoms with Crippen LogP contribution in [0.15, 0.2) is 47.1 Å². The van der Waals surface area contributed by atoms with Crippen molar-refractivity contribution in [3.8, 4) is 11.1 Å². The fourth-order valence-corrected chi connectivity index (χ4v) is 7.25. The molecule has 174 valence electrons. The van der Waals surface area contributed by atoms with E-state index in [0.29, 0.717) is 10.6 Å². The van der Waals surface area contributed by atoms with Crippen LogP contribution in [0.2, 0.25) is 0 Å². The van der Waals surface area contributed by atoms with E-state index in [9.17, 15) is 9.59 Å². The van der Waals surface area contributed by atoms with E-state index in [-0.39, 0.29) is 18.3 Å². The van der Waals surface area contributed by atoms with Gasteiger partial charge in [0, 0.05) is 21.2 Å². The van der Waals surface area contributed by atoms with Gasteiger partial charge in [0.15, 0.2) is 0 Å². The van der Waals surface area contributed by atoms with Crippen molar-refractivity contribution in [1.82, 2.24) is 9.97 Å². The molecule has 0 radical (unpaired) electrons. The Morgan fingerprint density at radius 1 is 1.15 bits per heavy atom. The summed E-state index contributed by atoms with van der Waals surface area (Å²) in [6.07, 6.45) is 6.11. The maximum Gasteiger partial charge on any atom is 0.341 e. The number of thiophene rings is 2. The van der Waals surface area contributed by atoms with Crippen molar-refractivity contribution in [2.45, 2.75) is 37.6 Å². The summed E-state index contributed by atoms with van der Waals surface area (Å²) in [4.78, 5) is 37.0. The zero-order valence-corrected chi connectivity index (χ0v) is 21.1. The topological polar surface area (TPSA) is 81.2 Å². The number of esters is 1. The van der Waals surface area contributed by atoms with Crippen LogP contribution in [0, 0.1) is 0 Å². The summed E-state index contributed by atoms with van der Waals surface area (Å²) in [6.45, 7) is 2.04. The van der Waals surface area contributed by atoms with Crippen LogP contribution in [0.1, 0.15) is 40.6 Å². The monoisotopic (exact) mass is 509 g/mol. The third-order valence-electron chi connectivity index (χ3n) is 5.66. The second kappa shape index (κ2) is 10.2. The molecule has 1 N–H and O–H groups in total. The van der Waals surface area contributed by atoms with E-state index in [0.717, 1.165) is 39.2 Å². The molecule has 1 amide bonds. The number of rotatable bonds is 7. The van der Waals surface area contributed by atoms with Gasteiger partial charge in [-0.05, 0) is 43.7 Å². The molecule has 0 saturated carbocycles. The van der Waals surface area contributed by atoms with E-state index in [2.05, 4.69) is 15.3 Å². The van der Waals surface area contributed by atoms with E-state index in [1.165, 1.54) is 46.4 Å². The molecule has 0 atom stereocenters. The predicted molar refractivity (Wildman–Crippen MR) is 139 cm³/mol. The highest BCUT2D eigenvalue weighted by Gasteiger charge is 2.24. The molecule has 34 heavy (non-hydrogen) atoms. The van der Waals surface area contributed by atoms with Gasteiger partial charge >= 0.3 is 5.97 Å². The number of nitrogens with one attached hydrogen (secondary N) is 1. The van der Waals surface area contributed by atoms with Crippen molar-refractivity contribution in [2.75, 3.05) is 17.7 Å². The van der Waals surface area contributed by atoms with E-state index in [1.807, 2.05) is 35.7 Å². The van der Waals surface area contributed by atoms with Crippen LogP contribution in [0.4, 0.5) is 5.00 Å². The number of ether oxygens (including phenoxy) is 1. The fourth-order valence-electron chi connectivity index (χ4n) is 4.15. The summed E-state index contributed by atoms with van der Waals surface area (Å²) in [6, 6.07) is 9.64. The Morgan fingerprint density at radius 3 is 2.79 bits per heavy atom. The molecule has 5 rings (SSSR count). The SMILES string of the molecule is CCOC(=O)c1c(-c2ccccc2)csc1NC(=O)CSc1ncnc2sc3c(c12)CCCC3. The molecular formula is C25H23N3O3S3. The summed E-state index contributed by atoms with van der Waals surface area (Å²) in [7, 11) is 0. The highest BCUT2D eigenvalue weighted by Crippen LogP contribution is 2.40. The maximum absolute atomic E-state index is 12.9. The zero-order chi connectivity index (χ0) is 23.5. The summed E-state index contributed by atoms with van der Waals surface area (Å²) in [5.41, 5.74) is 3.41. The lowest BCUT2D eigenvalue weighted by atomic mass is 9.97. The molecule has 0 unspecified atom stereocenters. The van der Waals surface area contributed by atoms with Crippen LogP contribution in [0.5, 0.6) is 0 Å². The third kappa shape index (κ3) is 4.60. The van der Waals surface area contributed by atoms with Gasteiger partial charge < -0.3 is 10.1 Å². The average molecular weight is 510 g/mol. The summed E-state index contributed by atoms with van der Waals surface area (Å²) in [5, 5.41) is 7.27. The number of hydrogen-bond acceptors (Lipinski definition) is 8. The standard InChI is InChI=1S/C25H23N3O3S3/c1-2-31-25(30)21-17(15-8-4-3-5-9-15)12-32-24(21)28-19(29)13-33-22-20-16-10-6-7-11-18(16)34-23(20)27-14-26-22/h3-5,8-9,12,14H,2,6-7,10-11,13H2,1H3,(H,28,29). The van der Waals surface area contributed by atoms with Gasteiger partial charge in [-0.2, -0.15) is 0 Å². The minimum atomic E-state index is -0.437. The lowest BCUT2D eigenvalue weighted by Crippen LogP contribution is -2.16. The molecule has 1 aliphatic carbocycles. The van der Waals surface area contributed by atoms with Gasteiger partial charge in [0.25, 0.3) is 0 Å². The smallest absolute Gasteiger partial charge is 0.341 e. The largest absolute Gasteiger partial charge is 0.462 e. The molecule has 0 aliphatic heterocycles. The second-order valence-electron chi connectivity index (χ2n) is 7.85. The average Bonchev–Trinajstić information content (AvgIpc) is 3.45. The normalized spacial score (nSPS) is 13.0. The molecule has 0 bridgehead atoms. The quantitative estimate of drug-likeness (QED) is 0.181. The summed E-state index contributed by atoms with van der Waals surface area (Å²) in [5.74, 6) is -0.432. The Morgan fingerprint density at radius 2 is 1.97 bits per heavy atom. The van der Waals surface area contributed by atoms with Gasteiger partial charge in [-0.3, -0.25) is 4.79 Å². The number of anilines is 1. The highest BCUT2D eigenvalue weighted by atomic mass is 32.2. The number of nitrogens with zero attached hydrogens (tertiary/aromatic N) is 2. The van der Waals surface area contributed by atoms with Gasteiger partial charge in [-0.1, -0.05) is 42.1 Å². The number of amides is 1. The number of aryl methyl sites for hydroxylation is 2. The van der Waals surface area contributed by atoms with E-state index in [4.69, 9.17) is 4.74 Å². The number of carbonyl (C=O) groups excluding carboxylic acids is 2. The Balaban J connectivity index is 1.36. The van der Waals surface area contributed by atoms with Gasteiger partial charge in [0.1, 0.15) is 26.7 Å². The van der Waals surface area contributed by atoms with Crippen molar-refractivity contribution in [1.29, 1.82) is 0 Å². The number of carbonyl (C=O) groups is 2. The predicted octanol–water partition coefficient (Wildman–Crippen LogP) is 6.21. The van der Waals surface area contributed by atoms with Gasteiger partial charge in [0.05, 0.1) is 12.4 Å². The lowest BCUT2D eigenvalue weighted by molar-refractivity contribution is -0.113. The molecule has 1 aliphatic rings. The molecule has 9 heteroatoms. The van der Waals surface area contributed by atoms with Crippen LogP contribution >= 0.6 is 34.4 Å². The molecule has 4 aromatic rings. The summed E-state index contributed by atoms with van der Waals surface area (Å²) < 4.78 is 5.29. The first-order valence-corrected chi connectivity index (χ1v) is 13.9. The van der Waals surface area contributed by atoms with E-state index < -0.39 is 5.97 Å². The molecule has 0 spiro atoms. The Bertz CT molecular complexity index is 1350. The minimum Gasteiger partial charge on any atom is -0.462 e. The van der Waals surface area contributed by atoms with Crippen LogP contribution < -0.4 is 5.32 Å². The number of hydrogen-bond donors (Lipinski definition) is 1. The molecular weight excluding hydrogens is 486 g/mol. The molecule has 3 aromatic heterocycles. The second-order valence-corrected chi connectivity index (χ2v) is 10.8. The van der Waals surface area contributed by atoms with E-state index in [1.54, 1.807) is 24.6 Å². The van der Waals surface area contributed by atoms with Crippen LogP contribution in [-0.2, 0) is 22.4 Å². The van der Waals surface area contributed by atoms with Crippen molar-refractivity contribution in [2.24, 2.45) is 0 Å². The zero-order valence-electron chi connectivity index (χ0n) is 18.6. The number of thioether (sulfide) groups is 1. The number of aromatic nitrogens is 2. The lowest BCUT2D eigenvalue weighted by Gasteiger charge is -2.11. The molecule has 3 heterocycles. The van der Waals surface area contributed by atoms with Crippen molar-refractivity contribution in [3.05, 3.63) is 58.0 Å². The first-order chi connectivity index (χ1) is 16.7. The van der Waals surface area contributed by atoms with Gasteiger partial charge in [0.2, 0.25) is 5.91 Å². The van der Waals surface area contributed by atoms with E-state index >= 15 is 0 Å². The first kappa shape index (κ1) is 23.0. The Kier molecular flexibility index (Phi) is 6.94. The third-order valence-corrected chi connectivity index (χ3v) is 8.75. The molecule has 0 saturated heterocycles. The molecule has 0 fully saturated rings. The van der Waals surface area contributed by atoms with Crippen LogP contribution in [0.3, 0.4) is 0 Å². The van der Waals surface area contributed by atoms with Gasteiger partial charge in [-0.25, -0.2) is 14.8 Å². The van der Waals surface area contributed by atoms with Crippen LogP contribution in [0.25, 0.3) is 21.3 Å². The number of benzene rings is 1. The Hall–Kier alpha value is -2.75. The molecule has 6 nitrogen and oxygen atoms in total. The maximum atomic E-state index is 12.9. The van der Waals surface area contributed by atoms with Crippen LogP contribution in [-0.4, -0.2) is 34.2 Å². The van der Waals surface area contributed by atoms with Gasteiger partial charge in [-0.15, -0.1) is 22.7 Å². The Labute approximate surface area is 209 Å². The van der Waals surface area contributed by atoms with Crippen molar-refractivity contribution in [3.63, 3.8) is 0 Å². The minimum absolute atomic E-state index is 0.187. The first-order valence-electron chi connectivity index (χ1n) is 11.2. The molecule has 1 aromatic carbocycles. The number of fused-ring (bicyclic) bond motifs is 3.